The molecule has 3 heterocycles. The van der Waals surface area contributed by atoms with Crippen molar-refractivity contribution in [2.45, 2.75) is 31.5 Å². The molecule has 3 rings (SSSR count). The van der Waals surface area contributed by atoms with E-state index < -0.39 is 24.3 Å². The molecule has 2 aromatic heterocycles. The first-order valence-corrected chi connectivity index (χ1v) is 10.5. The molecule has 2 N–H and O–H groups in total. The third kappa shape index (κ3) is 11.5. The van der Waals surface area contributed by atoms with E-state index in [1.807, 2.05) is 29.1 Å². The van der Waals surface area contributed by atoms with Gasteiger partial charge in [0.1, 0.15) is 0 Å². The minimum Gasteiger partial charge on any atom is -0.475 e. The van der Waals surface area contributed by atoms with Crippen LogP contribution in [-0.4, -0.2) is 98.8 Å². The molecule has 0 saturated carbocycles. The molecule has 212 valence electrons. The van der Waals surface area contributed by atoms with Crippen molar-refractivity contribution in [3.63, 3.8) is 0 Å². The predicted octanol–water partition coefficient (Wildman–Crippen LogP) is 2.21. The molecule has 1 atom stereocenters. The molecular formula is C21H25F6N5O6. The van der Waals surface area contributed by atoms with Gasteiger partial charge in [0, 0.05) is 45.8 Å². The highest BCUT2D eigenvalue weighted by atomic mass is 19.4. The summed E-state index contributed by atoms with van der Waals surface area (Å²) < 4.78 is 71.3. The van der Waals surface area contributed by atoms with Crippen LogP contribution in [0.25, 0.3) is 0 Å². The van der Waals surface area contributed by atoms with Gasteiger partial charge < -0.3 is 19.8 Å². The van der Waals surface area contributed by atoms with E-state index in [0.29, 0.717) is 19.8 Å². The topological polar surface area (TPSA) is 138 Å². The van der Waals surface area contributed by atoms with Crippen molar-refractivity contribution >= 4 is 17.8 Å². The van der Waals surface area contributed by atoms with Crippen LogP contribution in [0.1, 0.15) is 17.3 Å². The Morgan fingerprint density at radius 3 is 2.11 bits per heavy atom. The molecule has 0 spiro atoms. The zero-order valence-electron chi connectivity index (χ0n) is 20.1. The Hall–Kier alpha value is -3.73. The first kappa shape index (κ1) is 32.3. The number of aromatic nitrogens is 3. The van der Waals surface area contributed by atoms with Gasteiger partial charge in [0.05, 0.1) is 31.5 Å². The number of carbonyl (C=O) groups is 3. The highest BCUT2D eigenvalue weighted by Gasteiger charge is 2.38. The number of likely N-dealkylation sites (N-methyl/N-ethyl adjacent to an activating group) is 1. The monoisotopic (exact) mass is 557 g/mol. The summed E-state index contributed by atoms with van der Waals surface area (Å²) in [6.45, 7) is 2.98. The number of aliphatic carboxylic acids is 2. The zero-order valence-corrected chi connectivity index (χ0v) is 20.1. The van der Waals surface area contributed by atoms with E-state index in [0.717, 1.165) is 24.3 Å². The number of ether oxygens (including phenoxy) is 1. The van der Waals surface area contributed by atoms with E-state index >= 15 is 0 Å². The average Bonchev–Trinajstić information content (AvgIpc) is 3.28. The standard InChI is InChI=1S/C17H23N5O2.2C2HF3O2/c1-20(2)17(23)11-21-9-15-5-7-19-22(15)16(10-21)13-24-12-14-4-3-6-18-8-14;2*3-2(4,5)1(6)7/h3-8,16H,9-13H2,1-2H3;2*(H,6,7). The molecule has 2 aromatic rings. The summed E-state index contributed by atoms with van der Waals surface area (Å²) in [6, 6.07) is 6.00. The van der Waals surface area contributed by atoms with Crippen molar-refractivity contribution in [2.24, 2.45) is 0 Å². The van der Waals surface area contributed by atoms with E-state index in [1.165, 1.54) is 0 Å². The number of halogens is 6. The summed E-state index contributed by atoms with van der Waals surface area (Å²) in [7, 11) is 3.57. The summed E-state index contributed by atoms with van der Waals surface area (Å²) in [5, 5.41) is 18.7. The van der Waals surface area contributed by atoms with Crippen molar-refractivity contribution in [2.75, 3.05) is 33.8 Å². The van der Waals surface area contributed by atoms with Gasteiger partial charge in [-0.15, -0.1) is 0 Å². The lowest BCUT2D eigenvalue weighted by Gasteiger charge is -2.33. The molecule has 0 saturated heterocycles. The molecule has 38 heavy (non-hydrogen) atoms. The summed E-state index contributed by atoms with van der Waals surface area (Å²) in [4.78, 5) is 37.6. The molecule has 0 aliphatic carbocycles. The van der Waals surface area contributed by atoms with Gasteiger partial charge in [-0.1, -0.05) is 6.07 Å². The number of amides is 1. The van der Waals surface area contributed by atoms with Crippen LogP contribution in [0, 0.1) is 0 Å². The van der Waals surface area contributed by atoms with Crippen LogP contribution in [0.15, 0.2) is 36.8 Å². The van der Waals surface area contributed by atoms with Crippen molar-refractivity contribution < 1.29 is 55.7 Å². The number of hydrogen-bond donors (Lipinski definition) is 2. The summed E-state index contributed by atoms with van der Waals surface area (Å²) in [6.07, 6.45) is -4.80. The van der Waals surface area contributed by atoms with Gasteiger partial charge in [0.15, 0.2) is 0 Å². The summed E-state index contributed by atoms with van der Waals surface area (Å²) in [5.41, 5.74) is 2.16. The molecule has 1 aliphatic heterocycles. The number of carbonyl (C=O) groups excluding carboxylic acids is 1. The number of hydrogen-bond acceptors (Lipinski definition) is 7. The van der Waals surface area contributed by atoms with Crippen LogP contribution >= 0.6 is 0 Å². The maximum absolute atomic E-state index is 12.0. The van der Waals surface area contributed by atoms with Crippen LogP contribution in [0.5, 0.6) is 0 Å². The van der Waals surface area contributed by atoms with Crippen molar-refractivity contribution in [3.8, 4) is 0 Å². The van der Waals surface area contributed by atoms with Crippen LogP contribution in [0.4, 0.5) is 26.3 Å². The van der Waals surface area contributed by atoms with Gasteiger partial charge in [-0.3, -0.25) is 19.4 Å². The van der Waals surface area contributed by atoms with Crippen LogP contribution in [0.3, 0.4) is 0 Å². The Balaban J connectivity index is 0.000000426. The predicted molar refractivity (Wildman–Crippen MR) is 117 cm³/mol. The Bertz CT molecular complexity index is 1020. The molecule has 17 heteroatoms. The number of fused-ring (bicyclic) bond motifs is 1. The molecule has 0 radical (unpaired) electrons. The Kier molecular flexibility index (Phi) is 12.1. The van der Waals surface area contributed by atoms with Gasteiger partial charge in [-0.2, -0.15) is 31.4 Å². The van der Waals surface area contributed by atoms with Gasteiger partial charge in [-0.05, 0) is 17.7 Å². The third-order valence-corrected chi connectivity index (χ3v) is 4.60. The Morgan fingerprint density at radius 1 is 1.05 bits per heavy atom. The summed E-state index contributed by atoms with van der Waals surface area (Å²) in [5.74, 6) is -5.40. The number of carboxylic acids is 2. The van der Waals surface area contributed by atoms with Crippen molar-refractivity contribution in [1.29, 1.82) is 0 Å². The van der Waals surface area contributed by atoms with Crippen LogP contribution in [0.2, 0.25) is 0 Å². The SMILES string of the molecule is CN(C)C(=O)CN1Cc2ccnn2C(COCc2cccnc2)C1.O=C(O)C(F)(F)F.O=C(O)C(F)(F)F. The van der Waals surface area contributed by atoms with E-state index in [9.17, 15) is 31.1 Å². The highest BCUT2D eigenvalue weighted by Crippen LogP contribution is 2.21. The van der Waals surface area contributed by atoms with E-state index in [2.05, 4.69) is 15.0 Å². The normalized spacial score (nSPS) is 15.2. The second kappa shape index (κ2) is 14.3. The smallest absolute Gasteiger partial charge is 0.475 e. The maximum atomic E-state index is 12.0. The fourth-order valence-corrected chi connectivity index (χ4v) is 2.84. The van der Waals surface area contributed by atoms with Gasteiger partial charge >= 0.3 is 24.3 Å². The van der Waals surface area contributed by atoms with Crippen molar-refractivity contribution in [1.82, 2.24) is 24.6 Å². The number of carboxylic acid groups (broad SMARTS) is 2. The Labute approximate surface area is 212 Å². The quantitative estimate of drug-likeness (QED) is 0.512. The molecule has 0 fully saturated rings. The first-order chi connectivity index (χ1) is 17.5. The maximum Gasteiger partial charge on any atom is 0.490 e. The second-order valence-corrected chi connectivity index (χ2v) is 7.86. The van der Waals surface area contributed by atoms with Crippen molar-refractivity contribution in [3.05, 3.63) is 48.0 Å². The largest absolute Gasteiger partial charge is 0.490 e. The first-order valence-electron chi connectivity index (χ1n) is 10.5. The van der Waals surface area contributed by atoms with E-state index in [1.54, 1.807) is 31.4 Å². The van der Waals surface area contributed by atoms with E-state index in [-0.39, 0.29) is 11.9 Å². The molecule has 1 amide bonds. The lowest BCUT2D eigenvalue weighted by Crippen LogP contribution is -2.44. The molecule has 11 nitrogen and oxygen atoms in total. The molecule has 0 aromatic carbocycles. The molecule has 1 unspecified atom stereocenters. The number of pyridine rings is 1. The average molecular weight is 557 g/mol. The van der Waals surface area contributed by atoms with E-state index in [4.69, 9.17) is 24.5 Å². The lowest BCUT2D eigenvalue weighted by atomic mass is 10.2. The highest BCUT2D eigenvalue weighted by molar-refractivity contribution is 5.77. The molecule has 0 bridgehead atoms. The third-order valence-electron chi connectivity index (χ3n) is 4.60. The Morgan fingerprint density at radius 2 is 1.63 bits per heavy atom. The number of nitrogens with zero attached hydrogens (tertiary/aromatic N) is 5. The van der Waals surface area contributed by atoms with Gasteiger partial charge in [0.2, 0.25) is 5.91 Å². The lowest BCUT2D eigenvalue weighted by molar-refractivity contribution is -0.193. The minimum absolute atomic E-state index is 0.107. The fourth-order valence-electron chi connectivity index (χ4n) is 2.84. The number of rotatable bonds is 6. The fraction of sp³-hybridized carbons (Fsp3) is 0.476. The van der Waals surface area contributed by atoms with Crippen LogP contribution < -0.4 is 0 Å². The number of alkyl halides is 6. The van der Waals surface area contributed by atoms with Crippen LogP contribution in [-0.2, 0) is 32.3 Å². The zero-order chi connectivity index (χ0) is 29.1. The van der Waals surface area contributed by atoms with Gasteiger partial charge in [-0.25, -0.2) is 9.59 Å². The molecule has 1 aliphatic rings. The minimum atomic E-state index is -5.08. The summed E-state index contributed by atoms with van der Waals surface area (Å²) >= 11 is 0. The second-order valence-electron chi connectivity index (χ2n) is 7.86. The van der Waals surface area contributed by atoms with Gasteiger partial charge in [0.25, 0.3) is 0 Å². The molecular weight excluding hydrogens is 532 g/mol.